The number of fused-ring (bicyclic) bond motifs is 3. The molecule has 168 valence electrons. The third-order valence-corrected chi connectivity index (χ3v) is 5.82. The molecule has 1 aromatic heterocycles. The molecule has 1 aliphatic heterocycles. The number of aromatic nitrogens is 1. The fourth-order valence-electron chi connectivity index (χ4n) is 3.80. The van der Waals surface area contributed by atoms with Crippen molar-refractivity contribution in [2.75, 3.05) is 12.0 Å². The molecule has 2 atom stereocenters. The van der Waals surface area contributed by atoms with Gasteiger partial charge in [-0.2, -0.15) is 11.8 Å². The molecular formula is C22H29N3O5S. The first-order valence-corrected chi connectivity index (χ1v) is 11.6. The summed E-state index contributed by atoms with van der Waals surface area (Å²) in [5.74, 6) is -0.850. The Morgan fingerprint density at radius 3 is 2.68 bits per heavy atom. The topological polar surface area (TPSA) is 112 Å². The highest BCUT2D eigenvalue weighted by Crippen LogP contribution is 2.31. The van der Waals surface area contributed by atoms with Gasteiger partial charge in [-0.05, 0) is 50.8 Å². The van der Waals surface area contributed by atoms with Gasteiger partial charge in [-0.15, -0.1) is 0 Å². The van der Waals surface area contributed by atoms with Gasteiger partial charge >= 0.3 is 12.1 Å². The Labute approximate surface area is 185 Å². The summed E-state index contributed by atoms with van der Waals surface area (Å²) >= 11 is 1.55. The van der Waals surface area contributed by atoms with E-state index in [0.717, 1.165) is 22.2 Å². The van der Waals surface area contributed by atoms with Gasteiger partial charge in [0.25, 0.3) is 0 Å². The number of hydrogen-bond donors (Lipinski definition) is 3. The zero-order chi connectivity index (χ0) is 22.8. The summed E-state index contributed by atoms with van der Waals surface area (Å²) < 4.78 is 5.31. The monoisotopic (exact) mass is 447 g/mol. The van der Waals surface area contributed by atoms with Gasteiger partial charge < -0.3 is 25.0 Å². The molecule has 0 saturated heterocycles. The first-order chi connectivity index (χ1) is 14.6. The Hall–Kier alpha value is -2.68. The normalized spacial score (nSPS) is 17.2. The minimum absolute atomic E-state index is 0.144. The van der Waals surface area contributed by atoms with Crippen LogP contribution >= 0.6 is 11.8 Å². The van der Waals surface area contributed by atoms with E-state index in [4.69, 9.17) is 4.74 Å². The van der Waals surface area contributed by atoms with Crippen LogP contribution in [0.15, 0.2) is 24.3 Å². The molecule has 2 aromatic rings. The van der Waals surface area contributed by atoms with E-state index in [1.807, 2.05) is 30.5 Å². The first-order valence-electron chi connectivity index (χ1n) is 10.2. The molecule has 0 fully saturated rings. The average molecular weight is 448 g/mol. The summed E-state index contributed by atoms with van der Waals surface area (Å²) in [6.07, 6.45) is 1.80. The number of nitrogens with one attached hydrogen (secondary N) is 2. The molecule has 0 unspecified atom stereocenters. The fraction of sp³-hybridized carbons (Fsp3) is 0.500. The Balaban J connectivity index is 1.87. The molecule has 31 heavy (non-hydrogen) atoms. The molecular weight excluding hydrogens is 418 g/mol. The molecule has 1 aromatic carbocycles. The second kappa shape index (κ2) is 9.21. The zero-order valence-electron chi connectivity index (χ0n) is 18.2. The number of carbonyl (C=O) groups excluding carboxylic acids is 2. The number of aliphatic carboxylic acids is 1. The lowest BCUT2D eigenvalue weighted by molar-refractivity contribution is -0.152. The van der Waals surface area contributed by atoms with Crippen LogP contribution in [0.5, 0.6) is 0 Å². The molecule has 0 aliphatic carbocycles. The van der Waals surface area contributed by atoms with Crippen LogP contribution in [-0.4, -0.2) is 62.7 Å². The molecule has 0 radical (unpaired) electrons. The third-order valence-electron chi connectivity index (χ3n) is 5.17. The van der Waals surface area contributed by atoms with Gasteiger partial charge in [0.2, 0.25) is 5.91 Å². The average Bonchev–Trinajstić information content (AvgIpc) is 3.05. The van der Waals surface area contributed by atoms with Crippen LogP contribution in [0.4, 0.5) is 4.79 Å². The highest BCUT2D eigenvalue weighted by atomic mass is 32.2. The molecule has 2 heterocycles. The number of carboxylic acids is 1. The van der Waals surface area contributed by atoms with Gasteiger partial charge in [-0.1, -0.05) is 18.2 Å². The van der Waals surface area contributed by atoms with E-state index >= 15 is 0 Å². The number of carbonyl (C=O) groups is 3. The molecule has 8 nitrogen and oxygen atoms in total. The van der Waals surface area contributed by atoms with Gasteiger partial charge in [0, 0.05) is 23.0 Å². The maximum Gasteiger partial charge on any atom is 0.408 e. The van der Waals surface area contributed by atoms with E-state index in [9.17, 15) is 19.5 Å². The van der Waals surface area contributed by atoms with Gasteiger partial charge in [-0.25, -0.2) is 9.59 Å². The lowest BCUT2D eigenvalue weighted by atomic mass is 9.95. The lowest BCUT2D eigenvalue weighted by Crippen LogP contribution is -2.56. The summed E-state index contributed by atoms with van der Waals surface area (Å²) in [5, 5.41) is 13.5. The SMILES string of the molecule is CSCC[C@H](NC(=O)OC(C)(C)C)C(=O)N1Cc2[nH]c3ccccc3c2C[C@H]1C(=O)O. The van der Waals surface area contributed by atoms with E-state index in [1.54, 1.807) is 32.5 Å². The smallest absolute Gasteiger partial charge is 0.408 e. The fourth-order valence-corrected chi connectivity index (χ4v) is 4.27. The van der Waals surface area contributed by atoms with Crippen LogP contribution in [0.25, 0.3) is 10.9 Å². The third kappa shape index (κ3) is 5.33. The van der Waals surface area contributed by atoms with Gasteiger partial charge in [-0.3, -0.25) is 4.79 Å². The van der Waals surface area contributed by atoms with Crippen molar-refractivity contribution >= 4 is 40.6 Å². The van der Waals surface area contributed by atoms with Crippen LogP contribution in [0.3, 0.4) is 0 Å². The number of carboxylic acid groups (broad SMARTS) is 1. The lowest BCUT2D eigenvalue weighted by Gasteiger charge is -2.35. The number of ether oxygens (including phenoxy) is 1. The minimum atomic E-state index is -1.06. The van der Waals surface area contributed by atoms with Gasteiger partial charge in [0.05, 0.1) is 6.54 Å². The second-order valence-corrected chi connectivity index (χ2v) is 9.62. The maximum atomic E-state index is 13.4. The maximum absolute atomic E-state index is 13.4. The van der Waals surface area contributed by atoms with Crippen LogP contribution in [-0.2, 0) is 27.3 Å². The van der Waals surface area contributed by atoms with Gasteiger partial charge in [0.15, 0.2) is 0 Å². The van der Waals surface area contributed by atoms with Crippen molar-refractivity contribution in [3.8, 4) is 0 Å². The van der Waals surface area contributed by atoms with Crippen LogP contribution < -0.4 is 5.32 Å². The van der Waals surface area contributed by atoms with E-state index < -0.39 is 35.7 Å². The molecule has 0 spiro atoms. The minimum Gasteiger partial charge on any atom is -0.480 e. The molecule has 0 saturated carbocycles. The summed E-state index contributed by atoms with van der Waals surface area (Å²) in [7, 11) is 0. The molecule has 3 rings (SSSR count). The molecule has 9 heteroatoms. The highest BCUT2D eigenvalue weighted by Gasteiger charge is 2.39. The van der Waals surface area contributed by atoms with Crippen LogP contribution in [0.2, 0.25) is 0 Å². The predicted molar refractivity (Wildman–Crippen MR) is 120 cm³/mol. The Bertz CT molecular complexity index is 981. The highest BCUT2D eigenvalue weighted by molar-refractivity contribution is 7.98. The van der Waals surface area contributed by atoms with Crippen molar-refractivity contribution in [2.24, 2.45) is 0 Å². The first kappa shape index (κ1) is 23.0. The summed E-state index contributed by atoms with van der Waals surface area (Å²) in [5.41, 5.74) is 1.96. The summed E-state index contributed by atoms with van der Waals surface area (Å²) in [4.78, 5) is 42.5. The van der Waals surface area contributed by atoms with E-state index in [2.05, 4.69) is 10.3 Å². The van der Waals surface area contributed by atoms with E-state index in [-0.39, 0.29) is 13.0 Å². The van der Waals surface area contributed by atoms with Crippen LogP contribution in [0, 0.1) is 0 Å². The summed E-state index contributed by atoms with van der Waals surface area (Å²) in [6.45, 7) is 5.38. The molecule has 3 N–H and O–H groups in total. The predicted octanol–water partition coefficient (Wildman–Crippen LogP) is 3.15. The zero-order valence-corrected chi connectivity index (χ0v) is 19.0. The van der Waals surface area contributed by atoms with E-state index in [0.29, 0.717) is 12.2 Å². The van der Waals surface area contributed by atoms with Crippen molar-refractivity contribution in [3.63, 3.8) is 0 Å². The number of rotatable bonds is 6. The second-order valence-electron chi connectivity index (χ2n) is 8.63. The number of H-pyrrole nitrogens is 1. The Kier molecular flexibility index (Phi) is 6.83. The van der Waals surface area contributed by atoms with Crippen molar-refractivity contribution < 1.29 is 24.2 Å². The molecule has 0 bridgehead atoms. The number of hydrogen-bond acceptors (Lipinski definition) is 5. The van der Waals surface area contributed by atoms with E-state index in [1.165, 1.54) is 4.90 Å². The van der Waals surface area contributed by atoms with Crippen molar-refractivity contribution in [3.05, 3.63) is 35.5 Å². The largest absolute Gasteiger partial charge is 0.480 e. The number of amides is 2. The van der Waals surface area contributed by atoms with Crippen molar-refractivity contribution in [2.45, 2.75) is 57.8 Å². The summed E-state index contributed by atoms with van der Waals surface area (Å²) in [6, 6.07) is 5.83. The number of alkyl carbamates (subject to hydrolysis) is 1. The Morgan fingerprint density at radius 2 is 2.03 bits per heavy atom. The molecule has 2 amide bonds. The van der Waals surface area contributed by atoms with Crippen molar-refractivity contribution in [1.29, 1.82) is 0 Å². The number of benzene rings is 1. The number of thioether (sulfide) groups is 1. The quantitative estimate of drug-likeness (QED) is 0.627. The number of para-hydroxylation sites is 1. The molecule has 1 aliphatic rings. The number of nitrogens with zero attached hydrogens (tertiary/aromatic N) is 1. The number of aromatic amines is 1. The van der Waals surface area contributed by atoms with Crippen LogP contribution in [0.1, 0.15) is 38.4 Å². The Morgan fingerprint density at radius 1 is 1.32 bits per heavy atom. The van der Waals surface area contributed by atoms with Crippen molar-refractivity contribution in [1.82, 2.24) is 15.2 Å². The van der Waals surface area contributed by atoms with Gasteiger partial charge in [0.1, 0.15) is 17.7 Å². The standard InChI is InChI=1S/C22H29N3O5S/c1-22(2,3)30-21(29)24-16(9-10-31-4)19(26)25-12-17-14(11-18(25)20(27)28)13-7-5-6-8-15(13)23-17/h5-8,16,18,23H,9-12H2,1-4H3,(H,24,29)(H,27,28)/t16-,18-/m0/s1.